The van der Waals surface area contributed by atoms with E-state index >= 15 is 0 Å². The SMILES string of the molecule is O=C/C(=C\C=C/C1CC1)c1c(C=O)n(Cc2ccc(F)cc2F)c2ccc(O)cc12. The summed E-state index contributed by atoms with van der Waals surface area (Å²) in [6.07, 6.45) is 8.95. The van der Waals surface area contributed by atoms with E-state index < -0.39 is 11.6 Å². The number of phenolic OH excluding ortho intramolecular Hbond substituents is 1. The highest BCUT2D eigenvalue weighted by molar-refractivity contribution is 6.16. The molecule has 0 saturated heterocycles. The Bertz CT molecular complexity index is 1200. The van der Waals surface area contributed by atoms with Gasteiger partial charge in [-0.3, -0.25) is 9.59 Å². The van der Waals surface area contributed by atoms with E-state index in [1.54, 1.807) is 22.8 Å². The van der Waals surface area contributed by atoms with E-state index in [0.717, 1.165) is 25.0 Å². The molecule has 1 aliphatic rings. The number of hydrogen-bond donors (Lipinski definition) is 1. The lowest BCUT2D eigenvalue weighted by molar-refractivity contribution is -0.103. The second-order valence-electron chi connectivity index (χ2n) is 7.36. The van der Waals surface area contributed by atoms with Crippen molar-refractivity contribution in [3.8, 4) is 5.75 Å². The fourth-order valence-electron chi connectivity index (χ4n) is 3.57. The fraction of sp³-hybridized carbons (Fsp3) is 0.167. The Morgan fingerprint density at radius 1 is 1.13 bits per heavy atom. The molecule has 2 aromatic carbocycles. The van der Waals surface area contributed by atoms with Crippen molar-refractivity contribution in [1.29, 1.82) is 0 Å². The largest absolute Gasteiger partial charge is 0.508 e. The fourth-order valence-corrected chi connectivity index (χ4v) is 3.57. The van der Waals surface area contributed by atoms with Gasteiger partial charge in [0.2, 0.25) is 0 Å². The van der Waals surface area contributed by atoms with Crippen molar-refractivity contribution in [1.82, 2.24) is 4.57 Å². The number of aldehydes is 2. The van der Waals surface area contributed by atoms with Gasteiger partial charge < -0.3 is 9.67 Å². The molecular formula is C24H19F2NO3. The molecule has 6 heteroatoms. The van der Waals surface area contributed by atoms with Crippen LogP contribution in [0.15, 0.2) is 54.6 Å². The van der Waals surface area contributed by atoms with Crippen molar-refractivity contribution >= 4 is 29.0 Å². The third kappa shape index (κ3) is 3.81. The maximum Gasteiger partial charge on any atom is 0.167 e. The second kappa shape index (κ2) is 8.06. The Hall–Kier alpha value is -3.54. The van der Waals surface area contributed by atoms with Gasteiger partial charge in [-0.25, -0.2) is 8.78 Å². The van der Waals surface area contributed by atoms with Crippen LogP contribution in [0.25, 0.3) is 16.5 Å². The average molecular weight is 407 g/mol. The smallest absolute Gasteiger partial charge is 0.167 e. The number of benzene rings is 2. The molecule has 152 valence electrons. The lowest BCUT2D eigenvalue weighted by atomic mass is 10.0. The number of aromatic nitrogens is 1. The van der Waals surface area contributed by atoms with Gasteiger partial charge in [-0.05, 0) is 43.0 Å². The first-order chi connectivity index (χ1) is 14.5. The Labute approximate surface area is 171 Å². The van der Waals surface area contributed by atoms with E-state index in [1.165, 1.54) is 18.2 Å². The van der Waals surface area contributed by atoms with Crippen molar-refractivity contribution in [3.05, 3.63) is 83.1 Å². The van der Waals surface area contributed by atoms with E-state index in [-0.39, 0.29) is 29.1 Å². The number of halogens is 2. The molecule has 4 nitrogen and oxygen atoms in total. The summed E-state index contributed by atoms with van der Waals surface area (Å²) >= 11 is 0. The zero-order valence-corrected chi connectivity index (χ0v) is 16.0. The normalized spacial score (nSPS) is 14.5. The first-order valence-electron chi connectivity index (χ1n) is 9.60. The number of hydrogen-bond acceptors (Lipinski definition) is 3. The minimum absolute atomic E-state index is 0.0231. The molecule has 1 saturated carbocycles. The van der Waals surface area contributed by atoms with Crippen molar-refractivity contribution in [3.63, 3.8) is 0 Å². The third-order valence-corrected chi connectivity index (χ3v) is 5.24. The Morgan fingerprint density at radius 2 is 1.93 bits per heavy atom. The maximum atomic E-state index is 14.3. The first-order valence-corrected chi connectivity index (χ1v) is 9.60. The third-order valence-electron chi connectivity index (χ3n) is 5.24. The topological polar surface area (TPSA) is 59.3 Å². The summed E-state index contributed by atoms with van der Waals surface area (Å²) in [7, 11) is 0. The van der Waals surface area contributed by atoms with Gasteiger partial charge in [-0.1, -0.05) is 24.3 Å². The molecule has 0 aliphatic heterocycles. The van der Waals surface area contributed by atoms with E-state index in [4.69, 9.17) is 0 Å². The number of carbonyl (C=O) groups excluding carboxylic acids is 2. The van der Waals surface area contributed by atoms with Gasteiger partial charge in [-0.15, -0.1) is 0 Å². The molecule has 0 spiro atoms. The molecule has 0 atom stereocenters. The Kier molecular flexibility index (Phi) is 5.31. The summed E-state index contributed by atoms with van der Waals surface area (Å²) in [4.78, 5) is 23.9. The molecule has 1 N–H and O–H groups in total. The number of carbonyl (C=O) groups is 2. The number of nitrogens with zero attached hydrogens (tertiary/aromatic N) is 1. The van der Waals surface area contributed by atoms with Crippen LogP contribution in [0.3, 0.4) is 0 Å². The molecule has 30 heavy (non-hydrogen) atoms. The highest BCUT2D eigenvalue weighted by Gasteiger charge is 2.21. The summed E-state index contributed by atoms with van der Waals surface area (Å²) in [5, 5.41) is 10.5. The highest BCUT2D eigenvalue weighted by Crippen LogP contribution is 2.34. The number of phenols is 1. The Balaban J connectivity index is 1.90. The summed E-state index contributed by atoms with van der Waals surface area (Å²) < 4.78 is 29.1. The van der Waals surface area contributed by atoms with Crippen LogP contribution in [0.4, 0.5) is 8.78 Å². The molecule has 0 radical (unpaired) electrons. The molecule has 0 bridgehead atoms. The van der Waals surface area contributed by atoms with Gasteiger partial charge >= 0.3 is 0 Å². The highest BCUT2D eigenvalue weighted by atomic mass is 19.1. The lowest BCUT2D eigenvalue weighted by Gasteiger charge is -2.09. The van der Waals surface area contributed by atoms with Gasteiger partial charge in [0.1, 0.15) is 17.4 Å². The number of allylic oxidation sites excluding steroid dienone is 4. The standard InChI is InChI=1S/C24H19F2NO3/c25-18-7-6-16(21(26)10-18)12-27-22-9-8-19(30)11-20(22)24(23(27)14-29)17(13-28)3-1-2-15-4-5-15/h1-3,6-11,13-15,30H,4-5,12H2/b2-1-,17-3+. The molecule has 0 amide bonds. The zero-order valence-electron chi connectivity index (χ0n) is 16.0. The zero-order chi connectivity index (χ0) is 21.3. The van der Waals surface area contributed by atoms with Gasteiger partial charge in [0.05, 0.1) is 12.2 Å². The number of fused-ring (bicyclic) bond motifs is 1. The molecule has 4 rings (SSSR count). The van der Waals surface area contributed by atoms with Gasteiger partial charge in [0.25, 0.3) is 0 Å². The summed E-state index contributed by atoms with van der Waals surface area (Å²) in [6, 6.07) is 7.78. The van der Waals surface area contributed by atoms with Crippen molar-refractivity contribution < 1.29 is 23.5 Å². The van der Waals surface area contributed by atoms with Crippen LogP contribution in [-0.2, 0) is 11.3 Å². The van der Waals surface area contributed by atoms with Gasteiger partial charge in [0.15, 0.2) is 12.6 Å². The predicted molar refractivity (Wildman–Crippen MR) is 110 cm³/mol. The second-order valence-corrected chi connectivity index (χ2v) is 7.36. The molecule has 1 heterocycles. The van der Waals surface area contributed by atoms with E-state index in [0.29, 0.717) is 35.0 Å². The molecule has 1 aliphatic carbocycles. The minimum Gasteiger partial charge on any atom is -0.508 e. The first kappa shape index (κ1) is 19.8. The monoisotopic (exact) mass is 407 g/mol. The molecule has 1 fully saturated rings. The maximum absolute atomic E-state index is 14.3. The van der Waals surface area contributed by atoms with Crippen LogP contribution >= 0.6 is 0 Å². The van der Waals surface area contributed by atoms with Crippen molar-refractivity contribution in [2.75, 3.05) is 0 Å². The van der Waals surface area contributed by atoms with E-state index in [1.807, 2.05) is 6.08 Å². The molecular weight excluding hydrogens is 388 g/mol. The summed E-state index contributed by atoms with van der Waals surface area (Å²) in [6.45, 7) is -0.0362. The average Bonchev–Trinajstić information content (AvgIpc) is 3.50. The molecule has 3 aromatic rings. The van der Waals surface area contributed by atoms with Gasteiger partial charge in [-0.2, -0.15) is 0 Å². The van der Waals surface area contributed by atoms with Crippen LogP contribution in [0.5, 0.6) is 5.75 Å². The van der Waals surface area contributed by atoms with Crippen LogP contribution in [-0.4, -0.2) is 22.2 Å². The Morgan fingerprint density at radius 3 is 2.60 bits per heavy atom. The van der Waals surface area contributed by atoms with Crippen LogP contribution in [0.2, 0.25) is 0 Å². The predicted octanol–water partition coefficient (Wildman–Crippen LogP) is 5.03. The van der Waals surface area contributed by atoms with E-state index in [2.05, 4.69) is 0 Å². The van der Waals surface area contributed by atoms with Gasteiger partial charge in [0, 0.05) is 33.7 Å². The number of rotatable bonds is 7. The number of aromatic hydroxyl groups is 1. The van der Waals surface area contributed by atoms with Crippen molar-refractivity contribution in [2.45, 2.75) is 19.4 Å². The van der Waals surface area contributed by atoms with Crippen LogP contribution in [0.1, 0.15) is 34.5 Å². The molecule has 1 aromatic heterocycles. The summed E-state index contributed by atoms with van der Waals surface area (Å²) in [5.74, 6) is -0.923. The van der Waals surface area contributed by atoms with Crippen LogP contribution in [0, 0.1) is 17.6 Å². The molecule has 0 unspecified atom stereocenters. The quantitative estimate of drug-likeness (QED) is 0.339. The lowest BCUT2D eigenvalue weighted by Crippen LogP contribution is -2.07. The summed E-state index contributed by atoms with van der Waals surface area (Å²) in [5.41, 5.74) is 1.57. The van der Waals surface area contributed by atoms with Crippen LogP contribution < -0.4 is 0 Å². The van der Waals surface area contributed by atoms with Crippen molar-refractivity contribution in [2.24, 2.45) is 5.92 Å². The van der Waals surface area contributed by atoms with E-state index in [9.17, 15) is 23.5 Å². The minimum atomic E-state index is -0.729.